The molecule has 1 aromatic rings. The van der Waals surface area contributed by atoms with Crippen molar-refractivity contribution >= 4 is 5.57 Å². The van der Waals surface area contributed by atoms with E-state index in [1.807, 2.05) is 0 Å². The highest BCUT2D eigenvalue weighted by Crippen LogP contribution is 2.35. The van der Waals surface area contributed by atoms with Gasteiger partial charge in [0.2, 0.25) is 0 Å². The van der Waals surface area contributed by atoms with Crippen LogP contribution in [0.4, 0.5) is 0 Å². The molecular formula is C17H24. The van der Waals surface area contributed by atoms with E-state index in [1.54, 1.807) is 5.57 Å². The summed E-state index contributed by atoms with van der Waals surface area (Å²) in [5, 5.41) is 0. The highest BCUT2D eigenvalue weighted by atomic mass is 14.2. The van der Waals surface area contributed by atoms with E-state index in [0.717, 1.165) is 12.3 Å². The lowest BCUT2D eigenvalue weighted by atomic mass is 9.81. The zero-order valence-corrected chi connectivity index (χ0v) is 11.2. The smallest absolute Gasteiger partial charge is 0.0159 e. The van der Waals surface area contributed by atoms with Crippen molar-refractivity contribution in [1.82, 2.24) is 0 Å². The van der Waals surface area contributed by atoms with Gasteiger partial charge in [0.15, 0.2) is 0 Å². The van der Waals surface area contributed by atoms with E-state index in [-0.39, 0.29) is 0 Å². The first-order valence-electron chi connectivity index (χ1n) is 7.10. The van der Waals surface area contributed by atoms with E-state index < -0.39 is 0 Å². The molecule has 0 aromatic heterocycles. The van der Waals surface area contributed by atoms with Crippen LogP contribution in [0.15, 0.2) is 30.3 Å². The van der Waals surface area contributed by atoms with Gasteiger partial charge in [-0.2, -0.15) is 0 Å². The summed E-state index contributed by atoms with van der Waals surface area (Å²) in [7, 11) is 0. The fourth-order valence-electron chi connectivity index (χ4n) is 2.98. The van der Waals surface area contributed by atoms with Gasteiger partial charge in [0.05, 0.1) is 0 Å². The number of hydrogen-bond acceptors (Lipinski definition) is 0. The van der Waals surface area contributed by atoms with E-state index in [4.69, 9.17) is 0 Å². The molecule has 0 unspecified atom stereocenters. The van der Waals surface area contributed by atoms with Crippen LogP contribution in [0, 0.1) is 5.92 Å². The number of hydrogen-bond donors (Lipinski definition) is 0. The normalized spacial score (nSPS) is 18.4. The Balaban J connectivity index is 2.16. The molecule has 1 saturated carbocycles. The van der Waals surface area contributed by atoms with E-state index >= 15 is 0 Å². The molecule has 0 radical (unpaired) electrons. The maximum Gasteiger partial charge on any atom is -0.0159 e. The maximum atomic E-state index is 2.33. The van der Waals surface area contributed by atoms with Crippen molar-refractivity contribution in [3.8, 4) is 0 Å². The molecule has 2 rings (SSSR count). The van der Waals surface area contributed by atoms with Crippen molar-refractivity contribution in [3.63, 3.8) is 0 Å². The molecule has 0 amide bonds. The van der Waals surface area contributed by atoms with Crippen LogP contribution in [0.3, 0.4) is 0 Å². The number of rotatable bonds is 3. The molecule has 0 spiro atoms. The third-order valence-electron chi connectivity index (χ3n) is 4.05. The average molecular weight is 228 g/mol. The van der Waals surface area contributed by atoms with Crippen molar-refractivity contribution in [1.29, 1.82) is 0 Å². The number of benzene rings is 1. The van der Waals surface area contributed by atoms with Crippen LogP contribution < -0.4 is 0 Å². The molecule has 1 aromatic carbocycles. The Morgan fingerprint density at radius 3 is 2.29 bits per heavy atom. The van der Waals surface area contributed by atoms with Crippen LogP contribution in [-0.4, -0.2) is 0 Å². The van der Waals surface area contributed by atoms with Gasteiger partial charge in [-0.1, -0.05) is 56.5 Å². The first-order valence-corrected chi connectivity index (χ1v) is 7.10. The summed E-state index contributed by atoms with van der Waals surface area (Å²) in [6, 6.07) is 9.18. The molecule has 0 saturated heterocycles. The first-order chi connectivity index (χ1) is 8.35. The molecule has 0 heterocycles. The van der Waals surface area contributed by atoms with Gasteiger partial charge in [-0.3, -0.25) is 0 Å². The van der Waals surface area contributed by atoms with Gasteiger partial charge in [-0.15, -0.1) is 0 Å². The minimum atomic E-state index is 0.807. The van der Waals surface area contributed by atoms with Crippen LogP contribution in [0.1, 0.15) is 57.1 Å². The quantitative estimate of drug-likeness (QED) is 0.664. The first kappa shape index (κ1) is 12.4. The van der Waals surface area contributed by atoms with Crippen molar-refractivity contribution in [2.24, 2.45) is 5.92 Å². The van der Waals surface area contributed by atoms with Crippen LogP contribution in [-0.2, 0) is 6.42 Å². The molecular weight excluding hydrogens is 204 g/mol. The Hall–Kier alpha value is -1.04. The topological polar surface area (TPSA) is 0 Å². The summed E-state index contributed by atoms with van der Waals surface area (Å²) < 4.78 is 0. The molecule has 0 heteroatoms. The largest absolute Gasteiger partial charge is 0.0836 e. The zero-order valence-electron chi connectivity index (χ0n) is 11.2. The van der Waals surface area contributed by atoms with Crippen molar-refractivity contribution < 1.29 is 0 Å². The molecule has 1 fully saturated rings. The summed E-state index contributed by atoms with van der Waals surface area (Å²) in [5.74, 6) is 0.807. The Labute approximate surface area is 106 Å². The molecule has 0 nitrogen and oxygen atoms in total. The lowest BCUT2D eigenvalue weighted by molar-refractivity contribution is 0.429. The van der Waals surface area contributed by atoms with Crippen molar-refractivity contribution in [2.45, 2.75) is 52.4 Å². The predicted molar refractivity (Wildman–Crippen MR) is 76.0 cm³/mol. The van der Waals surface area contributed by atoms with Gasteiger partial charge < -0.3 is 0 Å². The molecule has 92 valence electrons. The highest BCUT2D eigenvalue weighted by Gasteiger charge is 2.18. The van der Waals surface area contributed by atoms with Crippen molar-refractivity contribution in [3.05, 3.63) is 41.5 Å². The monoisotopic (exact) mass is 228 g/mol. The molecule has 0 N–H and O–H groups in total. The van der Waals surface area contributed by atoms with E-state index in [0.29, 0.717) is 0 Å². The van der Waals surface area contributed by atoms with Crippen LogP contribution in [0.25, 0.3) is 5.57 Å². The Kier molecular flexibility index (Phi) is 4.42. The SMILES string of the molecule is CC=C(c1ccc(CC)cc1)C1CCCCC1. The fourth-order valence-corrected chi connectivity index (χ4v) is 2.98. The average Bonchev–Trinajstić information content (AvgIpc) is 2.42. The van der Waals surface area contributed by atoms with E-state index in [9.17, 15) is 0 Å². The summed E-state index contributed by atoms with van der Waals surface area (Å²) in [6.45, 7) is 4.41. The standard InChI is InChI=1S/C17H24/c1-3-14-10-12-16(13-11-14)17(4-2)15-8-6-5-7-9-15/h4,10-13,15H,3,5-9H2,1-2H3. The van der Waals surface area contributed by atoms with Gasteiger partial charge in [0.1, 0.15) is 0 Å². The summed E-state index contributed by atoms with van der Waals surface area (Å²) in [5.41, 5.74) is 4.46. The van der Waals surface area contributed by atoms with E-state index in [1.165, 1.54) is 43.2 Å². The summed E-state index contributed by atoms with van der Waals surface area (Å²) >= 11 is 0. The predicted octanol–water partition coefficient (Wildman–Crippen LogP) is 5.23. The molecule has 1 aliphatic rings. The Bertz CT molecular complexity index is 364. The minimum absolute atomic E-state index is 0.807. The van der Waals surface area contributed by atoms with Gasteiger partial charge >= 0.3 is 0 Å². The Morgan fingerprint density at radius 2 is 1.76 bits per heavy atom. The lowest BCUT2D eigenvalue weighted by Crippen LogP contribution is -2.08. The van der Waals surface area contributed by atoms with Crippen LogP contribution in [0.2, 0.25) is 0 Å². The van der Waals surface area contributed by atoms with Crippen LogP contribution >= 0.6 is 0 Å². The zero-order chi connectivity index (χ0) is 12.1. The van der Waals surface area contributed by atoms with Gasteiger partial charge in [-0.25, -0.2) is 0 Å². The molecule has 0 atom stereocenters. The third kappa shape index (κ3) is 3.00. The lowest BCUT2D eigenvalue weighted by Gasteiger charge is -2.24. The molecule has 0 bridgehead atoms. The molecule has 0 aliphatic heterocycles. The van der Waals surface area contributed by atoms with Crippen LogP contribution in [0.5, 0.6) is 0 Å². The number of aryl methyl sites for hydroxylation is 1. The van der Waals surface area contributed by atoms with Gasteiger partial charge in [0.25, 0.3) is 0 Å². The Morgan fingerprint density at radius 1 is 1.12 bits per heavy atom. The van der Waals surface area contributed by atoms with Gasteiger partial charge in [-0.05, 0) is 48.8 Å². The summed E-state index contributed by atoms with van der Waals surface area (Å²) in [4.78, 5) is 0. The second kappa shape index (κ2) is 6.05. The minimum Gasteiger partial charge on any atom is -0.0836 e. The highest BCUT2D eigenvalue weighted by molar-refractivity contribution is 5.67. The van der Waals surface area contributed by atoms with Gasteiger partial charge in [0, 0.05) is 0 Å². The second-order valence-electron chi connectivity index (χ2n) is 5.13. The third-order valence-corrected chi connectivity index (χ3v) is 4.05. The fraction of sp³-hybridized carbons (Fsp3) is 0.529. The summed E-state index contributed by atoms with van der Waals surface area (Å²) in [6.07, 6.45) is 10.5. The molecule has 17 heavy (non-hydrogen) atoms. The second-order valence-corrected chi connectivity index (χ2v) is 5.13. The van der Waals surface area contributed by atoms with E-state index in [2.05, 4.69) is 44.2 Å². The molecule has 1 aliphatic carbocycles. The number of allylic oxidation sites excluding steroid dienone is 2. The maximum absolute atomic E-state index is 2.33. The van der Waals surface area contributed by atoms with Crippen molar-refractivity contribution in [2.75, 3.05) is 0 Å².